The average molecular weight is 367 g/mol. The van der Waals surface area contributed by atoms with Crippen LogP contribution in [0.2, 0.25) is 0 Å². The molecule has 3 rings (SSSR count). The summed E-state index contributed by atoms with van der Waals surface area (Å²) in [5, 5.41) is 13.3. The third-order valence-electron chi connectivity index (χ3n) is 4.81. The van der Waals surface area contributed by atoms with Crippen LogP contribution in [0, 0.1) is 5.82 Å². The number of nitrogens with one attached hydrogen (secondary N) is 1. The molecule has 0 atom stereocenters. The molecule has 0 unspecified atom stereocenters. The molecule has 0 radical (unpaired) electrons. The molecule has 5 nitrogen and oxygen atoms in total. The van der Waals surface area contributed by atoms with E-state index < -0.39 is 11.7 Å². The van der Waals surface area contributed by atoms with E-state index in [9.17, 15) is 14.3 Å². The highest BCUT2D eigenvalue weighted by molar-refractivity contribution is 5.95. The molecule has 1 amide bonds. The van der Waals surface area contributed by atoms with Crippen molar-refractivity contribution in [3.63, 3.8) is 0 Å². The summed E-state index contributed by atoms with van der Waals surface area (Å²) in [6.45, 7) is 6.14. The molecule has 6 heteroatoms. The fourth-order valence-corrected chi connectivity index (χ4v) is 3.16. The van der Waals surface area contributed by atoms with Gasteiger partial charge in [-0.15, -0.1) is 0 Å². The molecule has 1 aliphatic rings. The van der Waals surface area contributed by atoms with Gasteiger partial charge in [0, 0.05) is 29.4 Å². The molecular formula is C21H22FN3O2. The number of fused-ring (bicyclic) bond motifs is 1. The Labute approximate surface area is 157 Å². The van der Waals surface area contributed by atoms with Gasteiger partial charge in [-0.1, -0.05) is 12.1 Å². The molecule has 0 saturated heterocycles. The number of nitrogens with zero attached hydrogens (tertiary/aromatic N) is 2. The third kappa shape index (κ3) is 3.69. The fraction of sp³-hybridized carbons (Fsp3) is 0.238. The van der Waals surface area contributed by atoms with Gasteiger partial charge >= 0.3 is 0 Å². The van der Waals surface area contributed by atoms with Crippen LogP contribution in [0.5, 0.6) is 5.75 Å². The zero-order chi connectivity index (χ0) is 19.8. The second-order valence-electron chi connectivity index (χ2n) is 7.18. The highest BCUT2D eigenvalue weighted by Gasteiger charge is 2.29. The summed E-state index contributed by atoms with van der Waals surface area (Å²) < 4.78 is 14.5. The van der Waals surface area contributed by atoms with E-state index in [1.165, 1.54) is 24.4 Å². The number of likely N-dealkylation sites (N-methyl/N-ethyl adjacent to an activating group) is 1. The van der Waals surface area contributed by atoms with Crippen LogP contribution in [0.3, 0.4) is 0 Å². The Morgan fingerprint density at radius 2 is 2.04 bits per heavy atom. The maximum Gasteiger partial charge on any atom is 0.271 e. The molecule has 0 bridgehead atoms. The fourth-order valence-electron chi connectivity index (χ4n) is 3.16. The number of hydrogen-bond acceptors (Lipinski definition) is 4. The minimum Gasteiger partial charge on any atom is -0.508 e. The molecule has 27 heavy (non-hydrogen) atoms. The van der Waals surface area contributed by atoms with E-state index in [0.717, 1.165) is 16.8 Å². The second kappa shape index (κ2) is 6.87. The quantitative estimate of drug-likeness (QED) is 0.638. The van der Waals surface area contributed by atoms with Gasteiger partial charge in [-0.25, -0.2) is 9.82 Å². The van der Waals surface area contributed by atoms with Crippen LogP contribution in [-0.2, 0) is 0 Å². The van der Waals surface area contributed by atoms with Gasteiger partial charge in [-0.05, 0) is 56.7 Å². The number of amides is 1. The number of carbonyl (C=O) groups is 1. The smallest absolute Gasteiger partial charge is 0.271 e. The monoisotopic (exact) mass is 367 g/mol. The lowest BCUT2D eigenvalue weighted by Crippen LogP contribution is -2.42. The molecule has 2 N–H and O–H groups in total. The predicted octanol–water partition coefficient (Wildman–Crippen LogP) is 3.93. The predicted molar refractivity (Wildman–Crippen MR) is 106 cm³/mol. The molecule has 0 saturated carbocycles. The van der Waals surface area contributed by atoms with Crippen molar-refractivity contribution >= 4 is 23.4 Å². The van der Waals surface area contributed by atoms with E-state index >= 15 is 0 Å². The summed E-state index contributed by atoms with van der Waals surface area (Å²) in [4.78, 5) is 14.1. The number of benzene rings is 2. The number of rotatable bonds is 3. The van der Waals surface area contributed by atoms with Crippen LogP contribution < -0.4 is 10.3 Å². The van der Waals surface area contributed by atoms with Crippen LogP contribution in [0.25, 0.3) is 5.57 Å². The first-order chi connectivity index (χ1) is 12.7. The lowest BCUT2D eigenvalue weighted by molar-refractivity contribution is 0.0954. The zero-order valence-corrected chi connectivity index (χ0v) is 15.7. The van der Waals surface area contributed by atoms with E-state index in [0.29, 0.717) is 0 Å². The maximum absolute atomic E-state index is 14.5. The van der Waals surface area contributed by atoms with Crippen molar-refractivity contribution in [1.29, 1.82) is 0 Å². The van der Waals surface area contributed by atoms with Gasteiger partial charge in [0.2, 0.25) is 0 Å². The van der Waals surface area contributed by atoms with Crippen molar-refractivity contribution in [2.24, 2.45) is 5.10 Å². The number of aromatic hydroxyl groups is 1. The summed E-state index contributed by atoms with van der Waals surface area (Å²) >= 11 is 0. The number of carbonyl (C=O) groups excluding carboxylic acids is 1. The zero-order valence-electron chi connectivity index (χ0n) is 15.7. The third-order valence-corrected chi connectivity index (χ3v) is 4.81. The van der Waals surface area contributed by atoms with Crippen molar-refractivity contribution in [2.45, 2.75) is 26.3 Å². The van der Waals surface area contributed by atoms with Crippen LogP contribution in [0.4, 0.5) is 10.1 Å². The summed E-state index contributed by atoms with van der Waals surface area (Å²) in [5.74, 6) is -0.916. The van der Waals surface area contributed by atoms with Gasteiger partial charge in [0.15, 0.2) is 0 Å². The van der Waals surface area contributed by atoms with Gasteiger partial charge in [-0.2, -0.15) is 5.10 Å². The normalized spacial score (nSPS) is 15.4. The molecule has 0 spiro atoms. The lowest BCUT2D eigenvalue weighted by Gasteiger charge is -2.40. The number of hydrogen-bond donors (Lipinski definition) is 2. The highest BCUT2D eigenvalue weighted by atomic mass is 19.1. The number of anilines is 1. The van der Waals surface area contributed by atoms with E-state index in [1.807, 2.05) is 18.9 Å². The van der Waals surface area contributed by atoms with E-state index in [-0.39, 0.29) is 22.4 Å². The van der Waals surface area contributed by atoms with E-state index in [2.05, 4.69) is 30.5 Å². The van der Waals surface area contributed by atoms with Crippen LogP contribution in [-0.4, -0.2) is 29.8 Å². The van der Waals surface area contributed by atoms with Crippen LogP contribution >= 0.6 is 0 Å². The molecular weight excluding hydrogens is 345 g/mol. The molecule has 2 aromatic rings. The minimum atomic E-state index is -0.488. The molecule has 1 heterocycles. The van der Waals surface area contributed by atoms with Crippen molar-refractivity contribution in [3.8, 4) is 5.75 Å². The van der Waals surface area contributed by atoms with Gasteiger partial charge in [0.05, 0.1) is 11.8 Å². The summed E-state index contributed by atoms with van der Waals surface area (Å²) in [5.41, 5.74) is 5.50. The van der Waals surface area contributed by atoms with Gasteiger partial charge < -0.3 is 10.0 Å². The van der Waals surface area contributed by atoms with Crippen LogP contribution in [0.1, 0.15) is 42.3 Å². The average Bonchev–Trinajstić information content (AvgIpc) is 2.60. The molecule has 140 valence electrons. The summed E-state index contributed by atoms with van der Waals surface area (Å²) in [6.07, 6.45) is 3.42. The molecule has 0 fully saturated rings. The Morgan fingerprint density at radius 1 is 1.30 bits per heavy atom. The highest BCUT2D eigenvalue weighted by Crippen LogP contribution is 2.38. The topological polar surface area (TPSA) is 64.9 Å². The second-order valence-corrected chi connectivity index (χ2v) is 7.18. The first kappa shape index (κ1) is 18.6. The standard InChI is InChI=1S/C21H22FN3O2/c1-13-11-21(2,3)25(4)19-10-18(22)15(9-17(13)19)12-23-24-20(27)14-6-5-7-16(26)8-14/h5-12,26H,1-4H3,(H,24,27)/b23-12+. The molecule has 0 aliphatic carbocycles. The summed E-state index contributed by atoms with van der Waals surface area (Å²) in [7, 11) is 1.93. The van der Waals surface area contributed by atoms with Crippen molar-refractivity contribution in [2.75, 3.05) is 11.9 Å². The minimum absolute atomic E-state index is 0.0123. The number of halogens is 1. The first-order valence-electron chi connectivity index (χ1n) is 8.59. The van der Waals surface area contributed by atoms with Gasteiger partial charge in [0.25, 0.3) is 5.91 Å². The van der Waals surface area contributed by atoms with Crippen LogP contribution in [0.15, 0.2) is 47.6 Å². The summed E-state index contributed by atoms with van der Waals surface area (Å²) in [6, 6.07) is 9.13. The van der Waals surface area contributed by atoms with E-state index in [4.69, 9.17) is 0 Å². The number of hydrazone groups is 1. The molecule has 1 aliphatic heterocycles. The molecule has 0 aromatic heterocycles. The Morgan fingerprint density at radius 3 is 2.74 bits per heavy atom. The van der Waals surface area contributed by atoms with E-state index in [1.54, 1.807) is 18.2 Å². The Bertz CT molecular complexity index is 964. The first-order valence-corrected chi connectivity index (χ1v) is 8.59. The maximum atomic E-state index is 14.5. The largest absolute Gasteiger partial charge is 0.508 e. The number of phenolic OH excluding ortho intramolecular Hbond substituents is 1. The number of allylic oxidation sites excluding steroid dienone is 1. The number of phenols is 1. The Balaban J connectivity index is 1.83. The van der Waals surface area contributed by atoms with Gasteiger partial charge in [0.1, 0.15) is 11.6 Å². The van der Waals surface area contributed by atoms with Gasteiger partial charge in [-0.3, -0.25) is 4.79 Å². The molecule has 2 aromatic carbocycles. The van der Waals surface area contributed by atoms with Crippen molar-refractivity contribution in [1.82, 2.24) is 5.43 Å². The Kier molecular flexibility index (Phi) is 4.74. The van der Waals surface area contributed by atoms with Crippen molar-refractivity contribution < 1.29 is 14.3 Å². The Hall–Kier alpha value is -3.15. The SMILES string of the molecule is CC1=CC(C)(C)N(C)c2cc(F)c(/C=N/NC(=O)c3cccc(O)c3)cc21. The lowest BCUT2D eigenvalue weighted by atomic mass is 9.88. The van der Waals surface area contributed by atoms with Crippen molar-refractivity contribution in [3.05, 3.63) is 65.0 Å².